The molecule has 0 aromatic carbocycles. The van der Waals surface area contributed by atoms with E-state index in [1.165, 1.54) is 0 Å². The topological polar surface area (TPSA) is 55.0 Å². The Balaban J connectivity index is 2.85. The third-order valence-electron chi connectivity index (χ3n) is 2.21. The maximum atomic E-state index is 6.03. The highest BCUT2D eigenvalue weighted by atomic mass is 35.5. The molecule has 4 nitrogen and oxygen atoms in total. The molecule has 0 unspecified atom stereocenters. The Morgan fingerprint density at radius 1 is 1.47 bits per heavy atom. The van der Waals surface area contributed by atoms with Crippen LogP contribution in [0.3, 0.4) is 0 Å². The van der Waals surface area contributed by atoms with Crippen molar-refractivity contribution in [3.63, 3.8) is 0 Å². The van der Waals surface area contributed by atoms with Gasteiger partial charge in [-0.25, -0.2) is 4.98 Å². The molecule has 1 rings (SSSR count). The van der Waals surface area contributed by atoms with E-state index in [1.807, 2.05) is 0 Å². The maximum absolute atomic E-state index is 6.03. The number of nitrogens with zero attached hydrogens (tertiary/aromatic N) is 3. The molecule has 1 heterocycles. The fourth-order valence-corrected chi connectivity index (χ4v) is 1.57. The summed E-state index contributed by atoms with van der Waals surface area (Å²) < 4.78 is 0. The molecular formula is C10H17ClN4. The molecule has 84 valence electrons. The second-order valence-electron chi connectivity index (χ2n) is 3.33. The summed E-state index contributed by atoms with van der Waals surface area (Å²) in [5.41, 5.74) is 5.54. The molecule has 15 heavy (non-hydrogen) atoms. The van der Waals surface area contributed by atoms with E-state index in [2.05, 4.69) is 28.7 Å². The smallest absolute Gasteiger partial charge is 0.222 e. The van der Waals surface area contributed by atoms with Crippen LogP contribution in [0.15, 0.2) is 6.20 Å². The third kappa shape index (κ3) is 3.23. The number of anilines is 2. The van der Waals surface area contributed by atoms with Gasteiger partial charge in [0.2, 0.25) is 5.95 Å². The third-order valence-corrected chi connectivity index (χ3v) is 2.47. The van der Waals surface area contributed by atoms with Crippen LogP contribution in [0.1, 0.15) is 26.7 Å². The maximum Gasteiger partial charge on any atom is 0.222 e. The summed E-state index contributed by atoms with van der Waals surface area (Å²) in [6, 6.07) is 0. The summed E-state index contributed by atoms with van der Waals surface area (Å²) in [6.45, 7) is 6.05. The van der Waals surface area contributed by atoms with E-state index in [0.29, 0.717) is 5.02 Å². The first-order valence-corrected chi connectivity index (χ1v) is 5.59. The highest BCUT2D eigenvalue weighted by molar-refractivity contribution is 6.32. The number of aromatic nitrogens is 2. The van der Waals surface area contributed by atoms with Gasteiger partial charge in [-0.1, -0.05) is 24.9 Å². The summed E-state index contributed by atoms with van der Waals surface area (Å²) in [7, 11) is 0. The van der Waals surface area contributed by atoms with Crippen LogP contribution in [0, 0.1) is 0 Å². The lowest BCUT2D eigenvalue weighted by molar-refractivity contribution is 0.723. The van der Waals surface area contributed by atoms with E-state index in [0.717, 1.165) is 31.7 Å². The van der Waals surface area contributed by atoms with Gasteiger partial charge in [0.25, 0.3) is 0 Å². The summed E-state index contributed by atoms with van der Waals surface area (Å²) in [6.07, 6.45) is 3.82. The first-order chi connectivity index (χ1) is 7.19. The molecule has 0 fully saturated rings. The number of nitrogens with two attached hydrogens (primary N) is 1. The Bertz CT molecular complexity index is 316. The van der Waals surface area contributed by atoms with Gasteiger partial charge in [0.15, 0.2) is 5.82 Å². The van der Waals surface area contributed by atoms with Crippen LogP contribution in [0.5, 0.6) is 0 Å². The molecule has 0 saturated carbocycles. The van der Waals surface area contributed by atoms with Crippen molar-refractivity contribution in [1.82, 2.24) is 9.97 Å². The Morgan fingerprint density at radius 3 is 2.80 bits per heavy atom. The second-order valence-corrected chi connectivity index (χ2v) is 3.74. The molecule has 0 saturated heterocycles. The van der Waals surface area contributed by atoms with Crippen LogP contribution < -0.4 is 10.6 Å². The Kier molecular flexibility index (Phi) is 4.62. The van der Waals surface area contributed by atoms with Crippen molar-refractivity contribution >= 4 is 23.4 Å². The molecule has 0 amide bonds. The lowest BCUT2D eigenvalue weighted by atomic mass is 10.3. The molecule has 0 spiro atoms. The van der Waals surface area contributed by atoms with Crippen molar-refractivity contribution in [2.45, 2.75) is 26.7 Å². The van der Waals surface area contributed by atoms with E-state index < -0.39 is 0 Å². The summed E-state index contributed by atoms with van der Waals surface area (Å²) in [5, 5.41) is 0.558. The minimum atomic E-state index is 0.268. The standard InChI is InChI=1S/C10H17ClN4/c1-3-5-6-15(4-2)9-8(11)7-13-10(12)14-9/h7H,3-6H2,1-2H3,(H2,12,13,14). The van der Waals surface area contributed by atoms with Gasteiger partial charge in [-0.05, 0) is 13.3 Å². The summed E-state index contributed by atoms with van der Waals surface area (Å²) >= 11 is 6.03. The highest BCUT2D eigenvalue weighted by Gasteiger charge is 2.10. The van der Waals surface area contributed by atoms with Crippen molar-refractivity contribution < 1.29 is 0 Å². The van der Waals surface area contributed by atoms with Gasteiger partial charge in [-0.2, -0.15) is 4.98 Å². The molecule has 0 atom stereocenters. The van der Waals surface area contributed by atoms with E-state index in [1.54, 1.807) is 6.20 Å². The van der Waals surface area contributed by atoms with Crippen molar-refractivity contribution in [2.75, 3.05) is 23.7 Å². The van der Waals surface area contributed by atoms with Gasteiger partial charge in [0, 0.05) is 13.1 Å². The molecule has 1 aromatic heterocycles. The predicted octanol–water partition coefficient (Wildman–Crippen LogP) is 2.34. The van der Waals surface area contributed by atoms with Crippen LogP contribution in [-0.4, -0.2) is 23.1 Å². The zero-order valence-corrected chi connectivity index (χ0v) is 9.96. The fourth-order valence-electron chi connectivity index (χ4n) is 1.36. The zero-order chi connectivity index (χ0) is 11.3. The van der Waals surface area contributed by atoms with E-state index in [4.69, 9.17) is 17.3 Å². The number of nitrogen functional groups attached to an aromatic ring is 1. The molecule has 0 bridgehead atoms. The average molecular weight is 229 g/mol. The summed E-state index contributed by atoms with van der Waals surface area (Å²) in [4.78, 5) is 10.1. The van der Waals surface area contributed by atoms with E-state index in [9.17, 15) is 0 Å². The predicted molar refractivity (Wildman–Crippen MR) is 64.2 cm³/mol. The van der Waals surface area contributed by atoms with E-state index in [-0.39, 0.29) is 5.95 Å². The van der Waals surface area contributed by atoms with Crippen LogP contribution >= 0.6 is 11.6 Å². The Hall–Kier alpha value is -1.03. The SMILES string of the molecule is CCCCN(CC)c1nc(N)ncc1Cl. The average Bonchev–Trinajstić information content (AvgIpc) is 2.24. The molecule has 0 radical (unpaired) electrons. The monoisotopic (exact) mass is 228 g/mol. The van der Waals surface area contributed by atoms with Crippen molar-refractivity contribution in [2.24, 2.45) is 0 Å². The first kappa shape index (κ1) is 12.0. The molecule has 5 heteroatoms. The number of rotatable bonds is 5. The molecule has 2 N–H and O–H groups in total. The van der Waals surface area contributed by atoms with Crippen LogP contribution in [0.2, 0.25) is 5.02 Å². The number of hydrogen-bond acceptors (Lipinski definition) is 4. The van der Waals surface area contributed by atoms with Gasteiger partial charge in [0.05, 0.1) is 6.20 Å². The normalized spacial score (nSPS) is 10.3. The Morgan fingerprint density at radius 2 is 2.20 bits per heavy atom. The van der Waals surface area contributed by atoms with Crippen molar-refractivity contribution in [1.29, 1.82) is 0 Å². The van der Waals surface area contributed by atoms with Crippen LogP contribution in [0.25, 0.3) is 0 Å². The fraction of sp³-hybridized carbons (Fsp3) is 0.600. The number of hydrogen-bond donors (Lipinski definition) is 1. The van der Waals surface area contributed by atoms with Gasteiger partial charge < -0.3 is 10.6 Å². The molecule has 1 aromatic rings. The van der Waals surface area contributed by atoms with Gasteiger partial charge in [-0.15, -0.1) is 0 Å². The van der Waals surface area contributed by atoms with Crippen LogP contribution in [0.4, 0.5) is 11.8 Å². The first-order valence-electron chi connectivity index (χ1n) is 5.22. The van der Waals surface area contributed by atoms with Crippen LogP contribution in [-0.2, 0) is 0 Å². The van der Waals surface area contributed by atoms with Crippen molar-refractivity contribution in [3.8, 4) is 0 Å². The zero-order valence-electron chi connectivity index (χ0n) is 9.20. The minimum Gasteiger partial charge on any atom is -0.368 e. The molecule has 0 aliphatic heterocycles. The molecule has 0 aliphatic rings. The molecular weight excluding hydrogens is 212 g/mol. The van der Waals surface area contributed by atoms with Gasteiger partial charge in [0.1, 0.15) is 5.02 Å². The van der Waals surface area contributed by atoms with Gasteiger partial charge in [-0.3, -0.25) is 0 Å². The van der Waals surface area contributed by atoms with E-state index >= 15 is 0 Å². The largest absolute Gasteiger partial charge is 0.368 e. The Labute approximate surface area is 95.5 Å². The van der Waals surface area contributed by atoms with Gasteiger partial charge >= 0.3 is 0 Å². The number of halogens is 1. The lowest BCUT2D eigenvalue weighted by Crippen LogP contribution is -2.25. The summed E-state index contributed by atoms with van der Waals surface area (Å²) in [5.74, 6) is 1.00. The highest BCUT2D eigenvalue weighted by Crippen LogP contribution is 2.23. The lowest BCUT2D eigenvalue weighted by Gasteiger charge is -2.22. The second kappa shape index (κ2) is 5.75. The van der Waals surface area contributed by atoms with Crippen molar-refractivity contribution in [3.05, 3.63) is 11.2 Å². The molecule has 0 aliphatic carbocycles. The minimum absolute atomic E-state index is 0.268. The quantitative estimate of drug-likeness (QED) is 0.841. The number of unbranched alkanes of at least 4 members (excludes halogenated alkanes) is 1.